The zero-order chi connectivity index (χ0) is 15.1. The number of carboxylic acids is 1. The third-order valence-electron chi connectivity index (χ3n) is 4.29. The van der Waals surface area contributed by atoms with Gasteiger partial charge in [0.05, 0.1) is 5.92 Å². The van der Waals surface area contributed by atoms with E-state index in [1.54, 1.807) is 4.90 Å². The van der Waals surface area contributed by atoms with E-state index >= 15 is 0 Å². The smallest absolute Gasteiger partial charge is 0.317 e. The van der Waals surface area contributed by atoms with Gasteiger partial charge in [-0.15, -0.1) is 0 Å². The lowest BCUT2D eigenvalue weighted by molar-refractivity contribution is -0.143. The van der Waals surface area contributed by atoms with E-state index in [1.807, 2.05) is 6.92 Å². The maximum absolute atomic E-state index is 12.3. The van der Waals surface area contributed by atoms with Gasteiger partial charge in [0, 0.05) is 19.1 Å². The Balaban J connectivity index is 2.59. The van der Waals surface area contributed by atoms with Crippen LogP contribution in [-0.2, 0) is 4.79 Å². The van der Waals surface area contributed by atoms with Gasteiger partial charge in [0.15, 0.2) is 0 Å². The van der Waals surface area contributed by atoms with Gasteiger partial charge in [-0.25, -0.2) is 4.79 Å². The largest absolute Gasteiger partial charge is 0.481 e. The van der Waals surface area contributed by atoms with Crippen LogP contribution in [0.2, 0.25) is 0 Å². The molecule has 0 radical (unpaired) electrons. The standard InChI is InChI=1S/C15H28N2O3/c1-4-11(3)10-17(5-2)15(20)16-13-9-7-6-8-12(13)14(18)19/h11-13H,4-10H2,1-3H3,(H,16,20)(H,18,19). The highest BCUT2D eigenvalue weighted by atomic mass is 16.4. The summed E-state index contributed by atoms with van der Waals surface area (Å²) in [5.74, 6) is -0.766. The van der Waals surface area contributed by atoms with E-state index in [4.69, 9.17) is 0 Å². The number of hydrogen-bond acceptors (Lipinski definition) is 2. The molecule has 1 aliphatic rings. The molecule has 1 saturated carbocycles. The second-order valence-electron chi connectivity index (χ2n) is 5.84. The molecule has 116 valence electrons. The maximum atomic E-state index is 12.3. The summed E-state index contributed by atoms with van der Waals surface area (Å²) in [6.45, 7) is 7.57. The van der Waals surface area contributed by atoms with Gasteiger partial charge in [0.25, 0.3) is 0 Å². The predicted molar refractivity (Wildman–Crippen MR) is 78.6 cm³/mol. The summed E-state index contributed by atoms with van der Waals surface area (Å²) < 4.78 is 0. The summed E-state index contributed by atoms with van der Waals surface area (Å²) in [6, 6.07) is -0.342. The summed E-state index contributed by atoms with van der Waals surface area (Å²) >= 11 is 0. The number of nitrogens with zero attached hydrogens (tertiary/aromatic N) is 1. The van der Waals surface area contributed by atoms with Crippen LogP contribution in [0.15, 0.2) is 0 Å². The lowest BCUT2D eigenvalue weighted by Crippen LogP contribution is -2.51. The Morgan fingerprint density at radius 1 is 1.30 bits per heavy atom. The van der Waals surface area contributed by atoms with Crippen LogP contribution in [0.3, 0.4) is 0 Å². The van der Waals surface area contributed by atoms with E-state index in [2.05, 4.69) is 19.2 Å². The zero-order valence-electron chi connectivity index (χ0n) is 12.9. The molecule has 0 heterocycles. The van der Waals surface area contributed by atoms with Crippen LogP contribution in [0.1, 0.15) is 52.9 Å². The molecule has 5 heteroatoms. The molecule has 0 aliphatic heterocycles. The maximum Gasteiger partial charge on any atom is 0.317 e. The van der Waals surface area contributed by atoms with Crippen molar-refractivity contribution in [2.24, 2.45) is 11.8 Å². The van der Waals surface area contributed by atoms with E-state index in [-0.39, 0.29) is 12.1 Å². The number of rotatable bonds is 6. The second-order valence-corrected chi connectivity index (χ2v) is 5.84. The number of aliphatic carboxylic acids is 1. The molecule has 1 fully saturated rings. The normalized spacial score (nSPS) is 23.9. The number of nitrogens with one attached hydrogen (secondary N) is 1. The molecular formula is C15H28N2O3. The van der Waals surface area contributed by atoms with Crippen molar-refractivity contribution in [3.05, 3.63) is 0 Å². The van der Waals surface area contributed by atoms with Crippen LogP contribution in [0.25, 0.3) is 0 Å². The van der Waals surface area contributed by atoms with E-state index in [1.165, 1.54) is 0 Å². The number of carboxylic acid groups (broad SMARTS) is 1. The second kappa shape index (κ2) is 8.12. The van der Waals surface area contributed by atoms with E-state index in [9.17, 15) is 14.7 Å². The Kier molecular flexibility index (Phi) is 6.82. The van der Waals surface area contributed by atoms with Crippen LogP contribution in [0.4, 0.5) is 4.79 Å². The van der Waals surface area contributed by atoms with Crippen LogP contribution in [0, 0.1) is 11.8 Å². The molecule has 0 saturated heterocycles. The predicted octanol–water partition coefficient (Wildman–Crippen LogP) is 2.71. The van der Waals surface area contributed by atoms with Crippen molar-refractivity contribution >= 4 is 12.0 Å². The number of carbonyl (C=O) groups is 2. The number of carbonyl (C=O) groups excluding carboxylic acids is 1. The summed E-state index contributed by atoms with van der Waals surface area (Å²) in [5, 5.41) is 12.2. The van der Waals surface area contributed by atoms with Gasteiger partial charge in [0.2, 0.25) is 0 Å². The molecule has 0 aromatic heterocycles. The fraction of sp³-hybridized carbons (Fsp3) is 0.867. The summed E-state index contributed by atoms with van der Waals surface area (Å²) in [7, 11) is 0. The Bertz CT molecular complexity index is 333. The minimum absolute atomic E-state index is 0.119. The Morgan fingerprint density at radius 2 is 1.95 bits per heavy atom. The first-order valence-corrected chi connectivity index (χ1v) is 7.77. The quantitative estimate of drug-likeness (QED) is 0.788. The molecular weight excluding hydrogens is 256 g/mol. The average Bonchev–Trinajstić information content (AvgIpc) is 2.44. The van der Waals surface area contributed by atoms with Crippen molar-refractivity contribution in [2.45, 2.75) is 58.9 Å². The zero-order valence-corrected chi connectivity index (χ0v) is 12.9. The number of amides is 2. The molecule has 1 rings (SSSR count). The number of urea groups is 1. The van der Waals surface area contributed by atoms with Gasteiger partial charge in [-0.2, -0.15) is 0 Å². The fourth-order valence-electron chi connectivity index (χ4n) is 2.71. The molecule has 2 N–H and O–H groups in total. The van der Waals surface area contributed by atoms with Crippen LogP contribution in [-0.4, -0.2) is 41.1 Å². The minimum atomic E-state index is -0.792. The molecule has 20 heavy (non-hydrogen) atoms. The average molecular weight is 284 g/mol. The first-order valence-electron chi connectivity index (χ1n) is 7.77. The third kappa shape index (κ3) is 4.69. The highest BCUT2D eigenvalue weighted by Gasteiger charge is 2.32. The van der Waals surface area contributed by atoms with Gasteiger partial charge in [0.1, 0.15) is 0 Å². The SMILES string of the molecule is CCC(C)CN(CC)C(=O)NC1CCCCC1C(=O)O. The van der Waals surface area contributed by atoms with Crippen molar-refractivity contribution in [2.75, 3.05) is 13.1 Å². The third-order valence-corrected chi connectivity index (χ3v) is 4.29. The first-order chi connectivity index (χ1) is 9.49. The molecule has 0 bridgehead atoms. The van der Waals surface area contributed by atoms with Crippen molar-refractivity contribution in [1.82, 2.24) is 10.2 Å². The van der Waals surface area contributed by atoms with E-state index < -0.39 is 11.9 Å². The van der Waals surface area contributed by atoms with Gasteiger partial charge in [-0.1, -0.05) is 33.1 Å². The molecule has 0 spiro atoms. The summed E-state index contributed by atoms with van der Waals surface area (Å²) in [5.41, 5.74) is 0. The van der Waals surface area contributed by atoms with Gasteiger partial charge < -0.3 is 15.3 Å². The van der Waals surface area contributed by atoms with Crippen LogP contribution in [0.5, 0.6) is 0 Å². The molecule has 1 aliphatic carbocycles. The van der Waals surface area contributed by atoms with Crippen LogP contribution >= 0.6 is 0 Å². The highest BCUT2D eigenvalue weighted by Crippen LogP contribution is 2.24. The molecule has 3 unspecified atom stereocenters. The highest BCUT2D eigenvalue weighted by molar-refractivity contribution is 5.77. The minimum Gasteiger partial charge on any atom is -0.481 e. The van der Waals surface area contributed by atoms with E-state index in [0.29, 0.717) is 18.9 Å². The van der Waals surface area contributed by atoms with Crippen molar-refractivity contribution in [3.8, 4) is 0 Å². The van der Waals surface area contributed by atoms with Crippen LogP contribution < -0.4 is 5.32 Å². The summed E-state index contributed by atoms with van der Waals surface area (Å²) in [4.78, 5) is 25.3. The monoisotopic (exact) mass is 284 g/mol. The number of hydrogen-bond donors (Lipinski definition) is 2. The first kappa shape index (κ1) is 16.8. The molecule has 3 atom stereocenters. The molecule has 0 aromatic rings. The Morgan fingerprint density at radius 3 is 2.50 bits per heavy atom. The lowest BCUT2D eigenvalue weighted by atomic mass is 9.84. The molecule has 5 nitrogen and oxygen atoms in total. The fourth-order valence-corrected chi connectivity index (χ4v) is 2.71. The Hall–Kier alpha value is -1.26. The molecule has 0 aromatic carbocycles. The lowest BCUT2D eigenvalue weighted by Gasteiger charge is -2.32. The van der Waals surface area contributed by atoms with Gasteiger partial charge in [-0.05, 0) is 25.7 Å². The topological polar surface area (TPSA) is 69.6 Å². The van der Waals surface area contributed by atoms with Gasteiger partial charge >= 0.3 is 12.0 Å². The summed E-state index contributed by atoms with van der Waals surface area (Å²) in [6.07, 6.45) is 4.40. The van der Waals surface area contributed by atoms with E-state index in [0.717, 1.165) is 32.2 Å². The van der Waals surface area contributed by atoms with Crippen molar-refractivity contribution in [3.63, 3.8) is 0 Å². The molecule has 2 amide bonds. The van der Waals surface area contributed by atoms with Crippen molar-refractivity contribution in [1.29, 1.82) is 0 Å². The van der Waals surface area contributed by atoms with Gasteiger partial charge in [-0.3, -0.25) is 4.79 Å². The Labute approximate surface area is 121 Å². The van der Waals surface area contributed by atoms with Crippen molar-refractivity contribution < 1.29 is 14.7 Å².